The number of carbonyl (C=O) groups excluding carboxylic acids is 2. The predicted octanol–water partition coefficient (Wildman–Crippen LogP) is 0.612. The fourth-order valence-corrected chi connectivity index (χ4v) is 1.70. The highest BCUT2D eigenvalue weighted by Crippen LogP contribution is 2.17. The first-order valence-corrected chi connectivity index (χ1v) is 5.13. The molecule has 2 heterocycles. The summed E-state index contributed by atoms with van der Waals surface area (Å²) in [5, 5.41) is 4.88. The Balaban J connectivity index is 2.00. The first-order chi connectivity index (χ1) is 7.60. The number of hydrogen-bond donors (Lipinski definition) is 2. The fourth-order valence-electron chi connectivity index (χ4n) is 1.70. The molecular formula is C11H13N3O2. The number of carbonyl (C=O) groups is 2. The van der Waals surface area contributed by atoms with Crippen molar-refractivity contribution in [1.29, 1.82) is 0 Å². The molecule has 1 unspecified atom stereocenters. The van der Waals surface area contributed by atoms with Gasteiger partial charge >= 0.3 is 6.03 Å². The number of urea groups is 1. The third-order valence-electron chi connectivity index (χ3n) is 2.78. The topological polar surface area (TPSA) is 71.1 Å². The smallest absolute Gasteiger partial charge is 0.322 e. The Morgan fingerprint density at radius 3 is 2.56 bits per heavy atom. The van der Waals surface area contributed by atoms with Gasteiger partial charge in [-0.1, -0.05) is 0 Å². The van der Waals surface area contributed by atoms with Crippen molar-refractivity contribution in [1.82, 2.24) is 15.6 Å². The summed E-state index contributed by atoms with van der Waals surface area (Å²) in [6.45, 7) is 1.73. The van der Waals surface area contributed by atoms with E-state index in [1.807, 2.05) is 12.1 Å². The molecule has 1 aliphatic rings. The normalized spacial score (nSPS) is 24.1. The first-order valence-electron chi connectivity index (χ1n) is 5.13. The van der Waals surface area contributed by atoms with E-state index in [9.17, 15) is 9.59 Å². The lowest BCUT2D eigenvalue weighted by atomic mass is 9.94. The third kappa shape index (κ3) is 2.03. The molecule has 1 saturated heterocycles. The Morgan fingerprint density at radius 2 is 2.00 bits per heavy atom. The number of nitrogens with one attached hydrogen (secondary N) is 2. The quantitative estimate of drug-likeness (QED) is 0.732. The monoisotopic (exact) mass is 219 g/mol. The van der Waals surface area contributed by atoms with E-state index >= 15 is 0 Å². The minimum Gasteiger partial charge on any atom is -0.324 e. The van der Waals surface area contributed by atoms with E-state index in [1.165, 1.54) is 0 Å². The standard InChI is InChI=1S/C11H13N3O2/c1-11(9(15)13-10(16)14-11)5-2-8-3-6-12-7-4-8/h3-4,6-7H,2,5H2,1H3,(H2,13,14,15,16). The molecule has 1 aromatic heterocycles. The van der Waals surface area contributed by atoms with E-state index in [2.05, 4.69) is 15.6 Å². The molecule has 5 heteroatoms. The molecule has 0 aliphatic carbocycles. The minimum atomic E-state index is -0.791. The summed E-state index contributed by atoms with van der Waals surface area (Å²) in [7, 11) is 0. The molecule has 84 valence electrons. The lowest BCUT2D eigenvalue weighted by molar-refractivity contribution is -0.123. The van der Waals surface area contributed by atoms with Crippen molar-refractivity contribution in [3.63, 3.8) is 0 Å². The molecule has 0 bridgehead atoms. The summed E-state index contributed by atoms with van der Waals surface area (Å²) in [6.07, 6.45) is 4.73. The van der Waals surface area contributed by atoms with Crippen LogP contribution in [0.5, 0.6) is 0 Å². The zero-order valence-corrected chi connectivity index (χ0v) is 8.99. The van der Waals surface area contributed by atoms with Crippen LogP contribution in [0.25, 0.3) is 0 Å². The number of aromatic nitrogens is 1. The number of nitrogens with zero attached hydrogens (tertiary/aromatic N) is 1. The SMILES string of the molecule is CC1(CCc2ccncc2)NC(=O)NC1=O. The van der Waals surface area contributed by atoms with Gasteiger partial charge in [-0.2, -0.15) is 0 Å². The summed E-state index contributed by atoms with van der Waals surface area (Å²) in [5.74, 6) is -0.258. The van der Waals surface area contributed by atoms with Gasteiger partial charge in [0.15, 0.2) is 0 Å². The largest absolute Gasteiger partial charge is 0.324 e. The van der Waals surface area contributed by atoms with Gasteiger partial charge in [0.25, 0.3) is 5.91 Å². The van der Waals surface area contributed by atoms with Gasteiger partial charge < -0.3 is 5.32 Å². The van der Waals surface area contributed by atoms with Crippen LogP contribution in [0, 0.1) is 0 Å². The van der Waals surface area contributed by atoms with Crippen molar-refractivity contribution < 1.29 is 9.59 Å². The molecule has 1 atom stereocenters. The second kappa shape index (κ2) is 3.92. The molecule has 1 fully saturated rings. The molecule has 5 nitrogen and oxygen atoms in total. The van der Waals surface area contributed by atoms with Crippen LogP contribution < -0.4 is 10.6 Å². The van der Waals surface area contributed by atoms with Crippen molar-refractivity contribution >= 4 is 11.9 Å². The number of hydrogen-bond acceptors (Lipinski definition) is 3. The Hall–Kier alpha value is -1.91. The fraction of sp³-hybridized carbons (Fsp3) is 0.364. The molecule has 2 rings (SSSR count). The summed E-state index contributed by atoms with van der Waals surface area (Å²) in [6, 6.07) is 3.39. The highest BCUT2D eigenvalue weighted by Gasteiger charge is 2.41. The first kappa shape index (κ1) is 10.6. The molecule has 1 aromatic rings. The average molecular weight is 219 g/mol. The lowest BCUT2D eigenvalue weighted by Gasteiger charge is -2.20. The molecule has 0 aromatic carbocycles. The molecule has 16 heavy (non-hydrogen) atoms. The van der Waals surface area contributed by atoms with Crippen LogP contribution in [0.1, 0.15) is 18.9 Å². The Labute approximate surface area is 93.3 Å². The van der Waals surface area contributed by atoms with Gasteiger partial charge in [0.2, 0.25) is 0 Å². The van der Waals surface area contributed by atoms with Gasteiger partial charge in [0, 0.05) is 12.4 Å². The number of amides is 3. The summed E-state index contributed by atoms with van der Waals surface area (Å²) >= 11 is 0. The number of rotatable bonds is 3. The average Bonchev–Trinajstić information content (AvgIpc) is 2.52. The van der Waals surface area contributed by atoms with E-state index in [-0.39, 0.29) is 5.91 Å². The summed E-state index contributed by atoms with van der Waals surface area (Å²) in [4.78, 5) is 26.5. The Kier molecular flexibility index (Phi) is 2.60. The van der Waals surface area contributed by atoms with E-state index in [0.29, 0.717) is 6.42 Å². The zero-order chi connectivity index (χ0) is 11.6. The van der Waals surface area contributed by atoms with Gasteiger partial charge in [-0.3, -0.25) is 15.1 Å². The van der Waals surface area contributed by atoms with Gasteiger partial charge in [-0.05, 0) is 37.5 Å². The van der Waals surface area contributed by atoms with Crippen LogP contribution in [0.3, 0.4) is 0 Å². The van der Waals surface area contributed by atoms with Crippen LogP contribution >= 0.6 is 0 Å². The van der Waals surface area contributed by atoms with Crippen molar-refractivity contribution in [2.45, 2.75) is 25.3 Å². The lowest BCUT2D eigenvalue weighted by Crippen LogP contribution is -2.43. The van der Waals surface area contributed by atoms with E-state index < -0.39 is 11.6 Å². The van der Waals surface area contributed by atoms with Crippen LogP contribution in [-0.2, 0) is 11.2 Å². The molecule has 0 saturated carbocycles. The number of pyridine rings is 1. The maximum Gasteiger partial charge on any atom is 0.322 e. The second-order valence-corrected chi connectivity index (χ2v) is 4.10. The van der Waals surface area contributed by atoms with Crippen molar-refractivity contribution in [2.75, 3.05) is 0 Å². The maximum atomic E-state index is 11.5. The van der Waals surface area contributed by atoms with Gasteiger partial charge in [-0.25, -0.2) is 4.79 Å². The van der Waals surface area contributed by atoms with Crippen molar-refractivity contribution in [3.05, 3.63) is 30.1 Å². The Bertz CT molecular complexity index is 418. The number of imide groups is 1. The van der Waals surface area contributed by atoms with E-state index in [4.69, 9.17) is 0 Å². The zero-order valence-electron chi connectivity index (χ0n) is 8.99. The van der Waals surface area contributed by atoms with Crippen LogP contribution in [0.2, 0.25) is 0 Å². The predicted molar refractivity (Wildman–Crippen MR) is 57.6 cm³/mol. The third-order valence-corrected chi connectivity index (χ3v) is 2.78. The Morgan fingerprint density at radius 1 is 1.31 bits per heavy atom. The molecular weight excluding hydrogens is 206 g/mol. The molecule has 2 N–H and O–H groups in total. The van der Waals surface area contributed by atoms with Gasteiger partial charge in [0.1, 0.15) is 5.54 Å². The van der Waals surface area contributed by atoms with Gasteiger partial charge in [0.05, 0.1) is 0 Å². The van der Waals surface area contributed by atoms with Crippen LogP contribution in [0.4, 0.5) is 4.79 Å². The van der Waals surface area contributed by atoms with Crippen molar-refractivity contribution in [2.24, 2.45) is 0 Å². The highest BCUT2D eigenvalue weighted by molar-refractivity contribution is 6.06. The van der Waals surface area contributed by atoms with E-state index in [0.717, 1.165) is 12.0 Å². The molecule has 0 radical (unpaired) electrons. The van der Waals surface area contributed by atoms with Crippen molar-refractivity contribution in [3.8, 4) is 0 Å². The minimum absolute atomic E-state index is 0.258. The van der Waals surface area contributed by atoms with E-state index in [1.54, 1.807) is 19.3 Å². The summed E-state index contributed by atoms with van der Waals surface area (Å²) < 4.78 is 0. The molecule has 3 amide bonds. The van der Waals surface area contributed by atoms with Gasteiger partial charge in [-0.15, -0.1) is 0 Å². The van der Waals surface area contributed by atoms with Crippen LogP contribution in [0.15, 0.2) is 24.5 Å². The number of aryl methyl sites for hydroxylation is 1. The highest BCUT2D eigenvalue weighted by atomic mass is 16.2. The molecule has 0 spiro atoms. The van der Waals surface area contributed by atoms with Crippen LogP contribution in [-0.4, -0.2) is 22.5 Å². The second-order valence-electron chi connectivity index (χ2n) is 4.10. The molecule has 1 aliphatic heterocycles. The maximum absolute atomic E-state index is 11.5. The summed E-state index contributed by atoms with van der Waals surface area (Å²) in [5.41, 5.74) is 0.311.